The van der Waals surface area contributed by atoms with Crippen LogP contribution >= 0.6 is 11.8 Å². The first-order valence-electron chi connectivity index (χ1n) is 10.6. The summed E-state index contributed by atoms with van der Waals surface area (Å²) in [6.45, 7) is 0.183. The second kappa shape index (κ2) is 8.96. The normalized spacial score (nSPS) is 14.1. The maximum absolute atomic E-state index is 13.2. The number of nitrogens with one attached hydrogen (secondary N) is 1. The molecular formula is C26H21N3O3S2. The number of anilines is 1. The number of carbonyl (C=O) groups is 1. The molecule has 0 spiro atoms. The molecule has 1 aliphatic rings. The van der Waals surface area contributed by atoms with Crippen molar-refractivity contribution in [3.63, 3.8) is 0 Å². The summed E-state index contributed by atoms with van der Waals surface area (Å²) in [5.41, 5.74) is 5.31. The smallest absolute Gasteiger partial charge is 0.267 e. The van der Waals surface area contributed by atoms with E-state index in [1.807, 2.05) is 54.8 Å². The molecule has 1 amide bonds. The van der Waals surface area contributed by atoms with Gasteiger partial charge in [0.1, 0.15) is 0 Å². The van der Waals surface area contributed by atoms with Crippen molar-refractivity contribution < 1.29 is 13.2 Å². The Balaban J connectivity index is 1.29. The highest BCUT2D eigenvalue weighted by Gasteiger charge is 2.35. The van der Waals surface area contributed by atoms with E-state index in [-0.39, 0.29) is 12.5 Å². The Morgan fingerprint density at radius 1 is 0.971 bits per heavy atom. The van der Waals surface area contributed by atoms with Crippen LogP contribution in [0.2, 0.25) is 0 Å². The van der Waals surface area contributed by atoms with Crippen LogP contribution in [0.15, 0.2) is 99.8 Å². The van der Waals surface area contributed by atoms with Crippen LogP contribution in [-0.2, 0) is 16.6 Å². The van der Waals surface area contributed by atoms with Crippen LogP contribution in [-0.4, -0.2) is 26.8 Å². The van der Waals surface area contributed by atoms with Crippen LogP contribution in [0.4, 0.5) is 5.69 Å². The van der Waals surface area contributed by atoms with Crippen LogP contribution in [0.25, 0.3) is 10.8 Å². The summed E-state index contributed by atoms with van der Waals surface area (Å²) in [5.74, 6) is -0.338. The van der Waals surface area contributed by atoms with Crippen molar-refractivity contribution in [1.29, 1.82) is 0 Å². The van der Waals surface area contributed by atoms with E-state index in [2.05, 4.69) is 10.5 Å². The van der Waals surface area contributed by atoms with Gasteiger partial charge in [-0.05, 0) is 59.2 Å². The van der Waals surface area contributed by atoms with E-state index in [4.69, 9.17) is 0 Å². The van der Waals surface area contributed by atoms with E-state index in [0.29, 0.717) is 16.1 Å². The first-order chi connectivity index (χ1) is 16.5. The Labute approximate surface area is 202 Å². The second-order valence-corrected chi connectivity index (χ2v) is 10.5. The summed E-state index contributed by atoms with van der Waals surface area (Å²) in [6, 6.07) is 25.6. The monoisotopic (exact) mass is 487 g/mol. The third-order valence-corrected chi connectivity index (χ3v) is 8.26. The van der Waals surface area contributed by atoms with Gasteiger partial charge in [0.15, 0.2) is 0 Å². The van der Waals surface area contributed by atoms with E-state index in [1.165, 1.54) is 4.31 Å². The number of sulfonamides is 1. The maximum Gasteiger partial charge on any atom is 0.271 e. The van der Waals surface area contributed by atoms with Crippen molar-refractivity contribution in [1.82, 2.24) is 5.43 Å². The Morgan fingerprint density at radius 2 is 1.68 bits per heavy atom. The zero-order valence-corrected chi connectivity index (χ0v) is 19.9. The number of hydrazone groups is 1. The topological polar surface area (TPSA) is 78.8 Å². The number of rotatable bonds is 6. The Hall–Kier alpha value is -3.62. The van der Waals surface area contributed by atoms with E-state index >= 15 is 0 Å². The fourth-order valence-electron chi connectivity index (χ4n) is 3.98. The Kier molecular flexibility index (Phi) is 5.85. The molecule has 4 aromatic rings. The lowest BCUT2D eigenvalue weighted by Crippen LogP contribution is -2.26. The first kappa shape index (κ1) is 22.2. The van der Waals surface area contributed by atoms with E-state index in [0.717, 1.165) is 26.8 Å². The first-order valence-corrected chi connectivity index (χ1v) is 13.2. The van der Waals surface area contributed by atoms with E-state index < -0.39 is 10.0 Å². The summed E-state index contributed by atoms with van der Waals surface area (Å²) >= 11 is 1.66. The molecule has 34 heavy (non-hydrogen) atoms. The molecule has 8 heteroatoms. The molecule has 6 nitrogen and oxygen atoms in total. The van der Waals surface area contributed by atoms with Crippen LogP contribution < -0.4 is 9.73 Å². The molecular weight excluding hydrogens is 466 g/mol. The second-order valence-electron chi connectivity index (χ2n) is 7.81. The van der Waals surface area contributed by atoms with Gasteiger partial charge in [-0.15, -0.1) is 11.8 Å². The van der Waals surface area contributed by atoms with Gasteiger partial charge in [-0.25, -0.2) is 13.8 Å². The third-order valence-electron chi connectivity index (χ3n) is 5.72. The van der Waals surface area contributed by atoms with Crippen molar-refractivity contribution >= 4 is 50.4 Å². The molecule has 0 bridgehead atoms. The average Bonchev–Trinajstić information content (AvgIpc) is 3.08. The summed E-state index contributed by atoms with van der Waals surface area (Å²) in [5, 5.41) is 5.67. The summed E-state index contributed by atoms with van der Waals surface area (Å²) < 4.78 is 27.7. The van der Waals surface area contributed by atoms with Crippen molar-refractivity contribution in [2.75, 3.05) is 10.6 Å². The molecule has 170 valence electrons. The predicted octanol–water partition coefficient (Wildman–Crippen LogP) is 5.03. The van der Waals surface area contributed by atoms with Gasteiger partial charge in [-0.1, -0.05) is 48.5 Å². The maximum atomic E-state index is 13.2. The van der Waals surface area contributed by atoms with Crippen molar-refractivity contribution in [2.24, 2.45) is 5.10 Å². The summed E-state index contributed by atoms with van der Waals surface area (Å²) in [6.07, 6.45) is 3.60. The molecule has 4 aromatic carbocycles. The summed E-state index contributed by atoms with van der Waals surface area (Å²) in [7, 11) is -3.63. The standard InChI is InChI=1S/C26H21N3O3S2/c1-33-22-14-10-18(11-15-22)16-27-28-26(30)21-12-8-19(9-13-21)17-29-23-6-2-4-20-5-3-7-24(25(20)23)34(29,31)32/h2-16H,17H2,1H3,(H,28,30). The zero-order chi connectivity index (χ0) is 23.7. The van der Waals surface area contributed by atoms with E-state index in [1.54, 1.807) is 54.4 Å². The van der Waals surface area contributed by atoms with Gasteiger partial charge in [0.2, 0.25) is 0 Å². The third kappa shape index (κ3) is 4.06. The van der Waals surface area contributed by atoms with Gasteiger partial charge >= 0.3 is 0 Å². The molecule has 0 aliphatic carbocycles. The number of hydrogen-bond acceptors (Lipinski definition) is 5. The SMILES string of the molecule is CSc1ccc(C=NNC(=O)c2ccc(CN3c4cccc5cccc(c45)S3(=O)=O)cc2)cc1. The molecule has 0 radical (unpaired) electrons. The fourth-order valence-corrected chi connectivity index (χ4v) is 6.08. The lowest BCUT2D eigenvalue weighted by atomic mass is 10.1. The average molecular weight is 488 g/mol. The van der Waals surface area contributed by atoms with Gasteiger partial charge in [0.25, 0.3) is 15.9 Å². The molecule has 5 rings (SSSR count). The Bertz CT molecular complexity index is 1510. The van der Waals surface area contributed by atoms with Crippen LogP contribution in [0, 0.1) is 0 Å². The van der Waals surface area contributed by atoms with Gasteiger partial charge in [-0.3, -0.25) is 9.10 Å². The largest absolute Gasteiger partial charge is 0.271 e. The highest BCUT2D eigenvalue weighted by molar-refractivity contribution is 7.98. The minimum Gasteiger partial charge on any atom is -0.267 e. The highest BCUT2D eigenvalue weighted by Crippen LogP contribution is 2.42. The fraction of sp³-hybridized carbons (Fsp3) is 0.0769. The molecule has 0 saturated heterocycles. The molecule has 0 unspecified atom stereocenters. The molecule has 0 saturated carbocycles. The van der Waals surface area contributed by atoms with Crippen LogP contribution in [0.1, 0.15) is 21.5 Å². The van der Waals surface area contributed by atoms with E-state index in [9.17, 15) is 13.2 Å². The molecule has 1 N–H and O–H groups in total. The number of benzene rings is 4. The quantitative estimate of drug-likeness (QED) is 0.235. The van der Waals surface area contributed by atoms with Crippen molar-refractivity contribution in [3.8, 4) is 0 Å². The highest BCUT2D eigenvalue weighted by atomic mass is 32.2. The number of carbonyl (C=O) groups excluding carboxylic acids is 1. The lowest BCUT2D eigenvalue weighted by Gasteiger charge is -2.19. The summed E-state index contributed by atoms with van der Waals surface area (Å²) in [4.78, 5) is 13.9. The van der Waals surface area contributed by atoms with Gasteiger partial charge in [0, 0.05) is 15.8 Å². The molecule has 0 fully saturated rings. The predicted molar refractivity (Wildman–Crippen MR) is 137 cm³/mol. The number of thioether (sulfide) groups is 1. The molecule has 1 aliphatic heterocycles. The van der Waals surface area contributed by atoms with Gasteiger partial charge in [0.05, 0.1) is 23.3 Å². The number of nitrogens with zero attached hydrogens (tertiary/aromatic N) is 2. The van der Waals surface area contributed by atoms with Crippen molar-refractivity contribution in [3.05, 3.63) is 102 Å². The molecule has 0 atom stereocenters. The zero-order valence-electron chi connectivity index (χ0n) is 18.3. The van der Waals surface area contributed by atoms with Crippen LogP contribution in [0.3, 0.4) is 0 Å². The minimum absolute atomic E-state index is 0.183. The Morgan fingerprint density at radius 3 is 2.38 bits per heavy atom. The minimum atomic E-state index is -3.63. The van der Waals surface area contributed by atoms with Crippen LogP contribution in [0.5, 0.6) is 0 Å². The van der Waals surface area contributed by atoms with Gasteiger partial charge in [-0.2, -0.15) is 5.10 Å². The lowest BCUT2D eigenvalue weighted by molar-refractivity contribution is 0.0955. The molecule has 1 heterocycles. The van der Waals surface area contributed by atoms with Gasteiger partial charge < -0.3 is 0 Å². The van der Waals surface area contributed by atoms with Crippen molar-refractivity contribution in [2.45, 2.75) is 16.3 Å². The number of hydrogen-bond donors (Lipinski definition) is 1. The number of amides is 1. The molecule has 0 aromatic heterocycles.